The van der Waals surface area contributed by atoms with Crippen molar-refractivity contribution in [1.29, 1.82) is 0 Å². The summed E-state index contributed by atoms with van der Waals surface area (Å²) >= 11 is 11.8. The van der Waals surface area contributed by atoms with Gasteiger partial charge in [-0.2, -0.15) is 0 Å². The first-order valence-corrected chi connectivity index (χ1v) is 9.07. The summed E-state index contributed by atoms with van der Waals surface area (Å²) in [7, 11) is 0. The van der Waals surface area contributed by atoms with Gasteiger partial charge in [0.15, 0.2) is 0 Å². The number of carboxylic acid groups (broad SMARTS) is 1. The Balaban J connectivity index is 1.77. The molecule has 0 fully saturated rings. The highest BCUT2D eigenvalue weighted by atomic mass is 35.5. The van der Waals surface area contributed by atoms with E-state index < -0.39 is 16.8 Å². The minimum absolute atomic E-state index is 0.0563. The first-order valence-electron chi connectivity index (χ1n) is 8.31. The molecule has 0 saturated heterocycles. The summed E-state index contributed by atoms with van der Waals surface area (Å²) in [6.45, 7) is 0. The Kier molecular flexibility index (Phi) is 6.20. The smallest absolute Gasteiger partial charge is 0.337 e. The fourth-order valence-electron chi connectivity index (χ4n) is 2.57. The second kappa shape index (κ2) is 8.81. The van der Waals surface area contributed by atoms with Crippen molar-refractivity contribution in [3.63, 3.8) is 0 Å². The normalized spacial score (nSPS) is 10.9. The molecule has 1 amide bonds. The third-order valence-corrected chi connectivity index (χ3v) is 4.56. The molecule has 3 aromatic rings. The molecule has 1 heterocycles. The number of amides is 1. The molecule has 0 unspecified atom stereocenters. The van der Waals surface area contributed by atoms with Crippen LogP contribution in [0.25, 0.3) is 17.4 Å². The number of halogens is 2. The van der Waals surface area contributed by atoms with Crippen LogP contribution in [0.4, 0.5) is 11.4 Å². The summed E-state index contributed by atoms with van der Waals surface area (Å²) in [5.41, 5.74) is 0.0705. The molecule has 8 nitrogen and oxygen atoms in total. The predicted molar refractivity (Wildman–Crippen MR) is 112 cm³/mol. The van der Waals surface area contributed by atoms with Crippen LogP contribution in [-0.4, -0.2) is 21.9 Å². The van der Waals surface area contributed by atoms with Crippen molar-refractivity contribution in [2.75, 3.05) is 5.32 Å². The molecule has 30 heavy (non-hydrogen) atoms. The number of nitro groups is 1. The van der Waals surface area contributed by atoms with Gasteiger partial charge in [-0.3, -0.25) is 14.9 Å². The Morgan fingerprint density at radius 1 is 1.10 bits per heavy atom. The number of furan rings is 1. The van der Waals surface area contributed by atoms with Gasteiger partial charge in [-0.25, -0.2) is 4.79 Å². The van der Waals surface area contributed by atoms with E-state index in [-0.39, 0.29) is 38.5 Å². The van der Waals surface area contributed by atoms with Crippen molar-refractivity contribution in [2.24, 2.45) is 0 Å². The van der Waals surface area contributed by atoms with Crippen LogP contribution in [0.1, 0.15) is 16.1 Å². The first kappa shape index (κ1) is 21.1. The predicted octanol–water partition coefficient (Wildman–Crippen LogP) is 5.51. The zero-order valence-corrected chi connectivity index (χ0v) is 16.5. The van der Waals surface area contributed by atoms with Crippen LogP contribution in [0.2, 0.25) is 10.0 Å². The van der Waals surface area contributed by atoms with E-state index >= 15 is 0 Å². The van der Waals surface area contributed by atoms with Gasteiger partial charge in [-0.1, -0.05) is 35.3 Å². The third kappa shape index (κ3) is 4.68. The van der Waals surface area contributed by atoms with Crippen molar-refractivity contribution in [3.05, 3.63) is 86.1 Å². The summed E-state index contributed by atoms with van der Waals surface area (Å²) in [4.78, 5) is 33.9. The molecule has 1 aromatic heterocycles. The summed E-state index contributed by atoms with van der Waals surface area (Å²) in [5.74, 6) is -1.30. The van der Waals surface area contributed by atoms with Gasteiger partial charge in [-0.15, -0.1) is 0 Å². The monoisotopic (exact) mass is 446 g/mol. The highest BCUT2D eigenvalue weighted by Crippen LogP contribution is 2.31. The molecule has 2 N–H and O–H groups in total. The fraction of sp³-hybridized carbons (Fsp3) is 0. The maximum Gasteiger partial charge on any atom is 0.337 e. The molecule has 0 aliphatic rings. The van der Waals surface area contributed by atoms with Crippen LogP contribution in [0.3, 0.4) is 0 Å². The molecule has 3 rings (SSSR count). The molecular formula is C20H12Cl2N2O6. The summed E-state index contributed by atoms with van der Waals surface area (Å²) in [5, 5.41) is 22.7. The molecule has 10 heteroatoms. The standard InChI is InChI=1S/C20H12Cl2N2O6/c21-14-10-15(22)16(9-13(14)20(26)27)23-19(25)8-6-11-5-7-18(30-11)12-3-1-2-4-17(12)24(28)29/h1-10H,(H,23,25)(H,26,27)/b8-6+. The molecule has 0 bridgehead atoms. The molecular weight excluding hydrogens is 435 g/mol. The number of aromatic carboxylic acids is 1. The van der Waals surface area contributed by atoms with Crippen LogP contribution in [-0.2, 0) is 4.79 Å². The lowest BCUT2D eigenvalue weighted by Gasteiger charge is -2.07. The van der Waals surface area contributed by atoms with Crippen LogP contribution < -0.4 is 5.32 Å². The van der Waals surface area contributed by atoms with Crippen molar-refractivity contribution in [3.8, 4) is 11.3 Å². The van der Waals surface area contributed by atoms with Crippen molar-refractivity contribution >= 4 is 52.5 Å². The number of anilines is 1. The number of hydrogen-bond acceptors (Lipinski definition) is 5. The number of carbonyl (C=O) groups excluding carboxylic acids is 1. The Bertz CT molecular complexity index is 1190. The zero-order chi connectivity index (χ0) is 21.8. The number of nitro benzene ring substituents is 1. The molecule has 152 valence electrons. The topological polar surface area (TPSA) is 123 Å². The summed E-state index contributed by atoms with van der Waals surface area (Å²) in [6, 6.07) is 11.6. The molecule has 0 aliphatic carbocycles. The lowest BCUT2D eigenvalue weighted by atomic mass is 10.1. The average Bonchev–Trinajstić information content (AvgIpc) is 3.17. The van der Waals surface area contributed by atoms with Crippen molar-refractivity contribution < 1.29 is 24.0 Å². The second-order valence-electron chi connectivity index (χ2n) is 5.92. The second-order valence-corrected chi connectivity index (χ2v) is 6.73. The van der Waals surface area contributed by atoms with E-state index in [9.17, 15) is 19.7 Å². The largest absolute Gasteiger partial charge is 0.478 e. The fourth-order valence-corrected chi connectivity index (χ4v) is 3.08. The Hall–Kier alpha value is -3.62. The average molecular weight is 447 g/mol. The highest BCUT2D eigenvalue weighted by molar-refractivity contribution is 6.38. The molecule has 0 spiro atoms. The number of benzene rings is 2. The maximum absolute atomic E-state index is 12.2. The number of nitrogens with one attached hydrogen (secondary N) is 1. The quantitative estimate of drug-likeness (QED) is 0.292. The number of carbonyl (C=O) groups is 2. The molecule has 0 radical (unpaired) electrons. The number of para-hydroxylation sites is 1. The van der Waals surface area contributed by atoms with E-state index in [0.29, 0.717) is 5.56 Å². The van der Waals surface area contributed by atoms with Crippen LogP contribution in [0.5, 0.6) is 0 Å². The van der Waals surface area contributed by atoms with E-state index in [2.05, 4.69) is 5.32 Å². The summed E-state index contributed by atoms with van der Waals surface area (Å²) < 4.78 is 5.56. The Morgan fingerprint density at radius 3 is 2.53 bits per heavy atom. The lowest BCUT2D eigenvalue weighted by Crippen LogP contribution is -2.09. The Labute approximate surface area is 179 Å². The Morgan fingerprint density at radius 2 is 1.83 bits per heavy atom. The van der Waals surface area contributed by atoms with E-state index in [4.69, 9.17) is 32.7 Å². The minimum atomic E-state index is -1.26. The molecule has 0 aliphatic heterocycles. The van der Waals surface area contributed by atoms with E-state index in [1.807, 2.05) is 0 Å². The van der Waals surface area contributed by atoms with Gasteiger partial charge in [0.1, 0.15) is 11.5 Å². The van der Waals surface area contributed by atoms with Crippen molar-refractivity contribution in [1.82, 2.24) is 0 Å². The van der Waals surface area contributed by atoms with E-state index in [1.54, 1.807) is 30.3 Å². The SMILES string of the molecule is O=C(/C=C/c1ccc(-c2ccccc2[N+](=O)[O-])o1)Nc1cc(C(=O)O)c(Cl)cc1Cl. The van der Waals surface area contributed by atoms with Crippen LogP contribution in [0, 0.1) is 10.1 Å². The number of carboxylic acids is 1. The minimum Gasteiger partial charge on any atom is -0.478 e. The highest BCUT2D eigenvalue weighted by Gasteiger charge is 2.17. The van der Waals surface area contributed by atoms with Gasteiger partial charge in [0.25, 0.3) is 5.69 Å². The van der Waals surface area contributed by atoms with Gasteiger partial charge >= 0.3 is 5.97 Å². The van der Waals surface area contributed by atoms with E-state index in [0.717, 1.165) is 12.1 Å². The van der Waals surface area contributed by atoms with Crippen LogP contribution in [0.15, 0.2) is 59.0 Å². The summed E-state index contributed by atoms with van der Waals surface area (Å²) in [6.07, 6.45) is 2.50. The number of nitrogens with zero attached hydrogens (tertiary/aromatic N) is 1. The van der Waals surface area contributed by atoms with Gasteiger partial charge in [0.2, 0.25) is 5.91 Å². The van der Waals surface area contributed by atoms with Gasteiger partial charge in [-0.05, 0) is 36.4 Å². The molecule has 2 aromatic carbocycles. The number of rotatable bonds is 6. The zero-order valence-electron chi connectivity index (χ0n) is 15.0. The third-order valence-electron chi connectivity index (χ3n) is 3.94. The number of hydrogen-bond donors (Lipinski definition) is 2. The molecule has 0 atom stereocenters. The van der Waals surface area contributed by atoms with Crippen molar-refractivity contribution in [2.45, 2.75) is 0 Å². The van der Waals surface area contributed by atoms with Gasteiger partial charge < -0.3 is 14.8 Å². The first-order chi connectivity index (χ1) is 14.3. The lowest BCUT2D eigenvalue weighted by molar-refractivity contribution is -0.384. The molecule has 0 saturated carbocycles. The van der Waals surface area contributed by atoms with E-state index in [1.165, 1.54) is 18.2 Å². The van der Waals surface area contributed by atoms with Crippen LogP contribution >= 0.6 is 23.2 Å². The van der Waals surface area contributed by atoms with Gasteiger partial charge in [0.05, 0.1) is 31.8 Å². The van der Waals surface area contributed by atoms with Gasteiger partial charge in [0, 0.05) is 12.1 Å². The maximum atomic E-state index is 12.2.